The summed E-state index contributed by atoms with van der Waals surface area (Å²) in [4.78, 5) is 0. The van der Waals surface area contributed by atoms with Crippen molar-refractivity contribution in [2.24, 2.45) is 0 Å². The van der Waals surface area contributed by atoms with Gasteiger partial charge in [0.1, 0.15) is 0 Å². The molecule has 6 nitrogen and oxygen atoms in total. The van der Waals surface area contributed by atoms with E-state index < -0.39 is 0 Å². The predicted molar refractivity (Wildman–Crippen MR) is 41.3 cm³/mol. The first kappa shape index (κ1) is 88.5. The van der Waals surface area contributed by atoms with E-state index in [1.807, 2.05) is 0 Å². The normalized spacial score (nSPS) is 0.750. The Morgan fingerprint density at radius 1 is 0.438 bits per heavy atom. The topological polar surface area (TPSA) is 143 Å². The average Bonchev–Trinajstić information content (AvgIpc) is 2.33. The molecule has 0 amide bonds. The summed E-state index contributed by atoms with van der Waals surface area (Å²) >= 11 is 0. The van der Waals surface area contributed by atoms with Crippen LogP contribution in [0.3, 0.4) is 0 Å². The Hall–Kier alpha value is 1.03. The maximum atomic E-state index is 6.25. The maximum Gasteiger partial charge on any atom is 4.00 e. The molecule has 0 bridgehead atoms. The molecule has 16 heavy (non-hydrogen) atoms. The molecule has 0 heterocycles. The Labute approximate surface area is 199 Å². The molecule has 0 saturated heterocycles. The van der Waals surface area contributed by atoms with E-state index in [1.54, 1.807) is 0 Å². The van der Waals surface area contributed by atoms with Gasteiger partial charge >= 0.3 is 34.1 Å². The van der Waals surface area contributed by atoms with Crippen molar-refractivity contribution in [1.29, 1.82) is 31.6 Å². The largest absolute Gasteiger partial charge is 4.00 e. The Balaban J connectivity index is -0.00000000321. The fourth-order valence-corrected chi connectivity index (χ4v) is 0. The first-order valence-corrected chi connectivity index (χ1v) is 1.34. The van der Waals surface area contributed by atoms with E-state index in [4.69, 9.17) is 71.0 Å². The molecule has 71 valence electrons. The van der Waals surface area contributed by atoms with E-state index in [-0.39, 0.29) is 133 Å². The van der Waals surface area contributed by atoms with Crippen LogP contribution in [0.5, 0.6) is 0 Å². The second kappa shape index (κ2) is 3410. The predicted octanol–water partition coefficient (Wildman–Crippen LogP) is -0.188. The molecule has 0 fully saturated rings. The first-order valence-electron chi connectivity index (χ1n) is 1.34. The van der Waals surface area contributed by atoms with E-state index in [9.17, 15) is 0 Å². The third kappa shape index (κ3) is 2780. The summed E-state index contributed by atoms with van der Waals surface area (Å²) in [6.07, 6.45) is 0. The van der Waals surface area contributed by atoms with Gasteiger partial charge in [-0.25, -0.2) is 0 Å². The van der Waals surface area contributed by atoms with Crippen molar-refractivity contribution in [3.63, 3.8) is 0 Å². The van der Waals surface area contributed by atoms with Crippen molar-refractivity contribution in [3.8, 4) is 0 Å². The van der Waals surface area contributed by atoms with E-state index in [0.29, 0.717) is 0 Å². The second-order valence-electron chi connectivity index (χ2n) is 0. The van der Waals surface area contributed by atoms with Gasteiger partial charge in [-0.15, -0.1) is 0 Å². The quantitative estimate of drug-likeness (QED) is 0.391. The number of hydrogen-bond donors (Lipinski definition) is 0. The van der Waals surface area contributed by atoms with Crippen LogP contribution in [-0.4, -0.2) is 98.5 Å². The Kier molecular flexibility index (Phi) is 18900. The van der Waals surface area contributed by atoms with Gasteiger partial charge in [0, 0.05) is 98.5 Å². The summed E-state index contributed by atoms with van der Waals surface area (Å²) in [6.45, 7) is 28.5. The molecule has 0 unspecified atom stereocenters. The molecule has 10 heteroatoms. The minimum Gasteiger partial charge on any atom is -0.512 e. The molecule has 0 aromatic heterocycles. The van der Waals surface area contributed by atoms with Gasteiger partial charge in [0.05, 0.1) is 0 Å². The Morgan fingerprint density at radius 2 is 0.438 bits per heavy atom. The fourth-order valence-electron chi connectivity index (χ4n) is 0. The van der Waals surface area contributed by atoms with Crippen LogP contribution in [0, 0.1) is 71.0 Å². The van der Waals surface area contributed by atoms with E-state index in [0.717, 1.165) is 0 Å². The van der Waals surface area contributed by atoms with Crippen molar-refractivity contribution >= 4 is 98.5 Å². The molecule has 0 aliphatic heterocycles. The van der Waals surface area contributed by atoms with Crippen molar-refractivity contribution < 1.29 is 34.1 Å². The number of rotatable bonds is 0. The molecule has 0 rings (SSSR count). The fraction of sp³-hybridized carbons (Fsp3) is 0. The molecule has 0 aliphatic rings. The van der Waals surface area contributed by atoms with Gasteiger partial charge in [-0.1, -0.05) is 0 Å². The summed E-state index contributed by atoms with van der Waals surface area (Å²) in [6, 6.07) is 0. The van der Waals surface area contributed by atoms with Gasteiger partial charge in [0.2, 0.25) is 0 Å². The standard InChI is InChI=1S/6CN.Cs.Fe.Mn.Na/c6*1-2;;;;/q6*-1;;+4;+2;. The van der Waals surface area contributed by atoms with Crippen molar-refractivity contribution in [2.75, 3.05) is 0 Å². The molecular formula is C6CsFeMnN6Na. The number of hydrogen-bond acceptors (Lipinski definition) is 6. The third-order valence-electron chi connectivity index (χ3n) is 0. The molecule has 3 radical (unpaired) electrons. The van der Waals surface area contributed by atoms with Gasteiger partial charge in [0.25, 0.3) is 0 Å². The van der Waals surface area contributed by atoms with E-state index in [1.165, 1.54) is 0 Å². The molecule has 0 atom stereocenters. The second-order valence-corrected chi connectivity index (χ2v) is 0. The van der Waals surface area contributed by atoms with E-state index in [2.05, 4.69) is 0 Å². The van der Waals surface area contributed by atoms with Crippen LogP contribution in [0.4, 0.5) is 0 Å². The minimum absolute atomic E-state index is 0. The zero-order valence-corrected chi connectivity index (χ0v) is 19.0. The molecule has 0 saturated carbocycles. The molecule has 0 aromatic carbocycles. The average molecular weight is 423 g/mol. The van der Waals surface area contributed by atoms with Gasteiger partial charge in [-0.05, 0) is 0 Å². The smallest absolute Gasteiger partial charge is 0.512 e. The van der Waals surface area contributed by atoms with Crippen LogP contribution in [0.1, 0.15) is 0 Å². The molecule has 0 spiro atoms. The van der Waals surface area contributed by atoms with Gasteiger partial charge < -0.3 is 71.0 Å². The van der Waals surface area contributed by atoms with E-state index >= 15 is 0 Å². The summed E-state index contributed by atoms with van der Waals surface area (Å²) in [7, 11) is 0. The van der Waals surface area contributed by atoms with Crippen LogP contribution in [0.15, 0.2) is 0 Å². The summed E-state index contributed by atoms with van der Waals surface area (Å²) in [5.74, 6) is 0. The molecule has 0 N–H and O–H groups in total. The Morgan fingerprint density at radius 3 is 0.438 bits per heavy atom. The van der Waals surface area contributed by atoms with Crippen molar-refractivity contribution in [1.82, 2.24) is 0 Å². The minimum atomic E-state index is 0. The van der Waals surface area contributed by atoms with Crippen LogP contribution in [-0.2, 0) is 34.1 Å². The SMILES string of the molecule is [C-]#N.[C-]#N.[C-]#N.[C-]#N.[C-]#N.[C-]#N.[Cs].[Fe+4].[Mn+2].[Na]. The first-order chi connectivity index (χ1) is 6.00. The third-order valence-corrected chi connectivity index (χ3v) is 0. The molecule has 0 aromatic rings. The van der Waals surface area contributed by atoms with Crippen molar-refractivity contribution in [3.05, 3.63) is 39.4 Å². The summed E-state index contributed by atoms with van der Waals surface area (Å²) in [5, 5.41) is 37.5. The maximum absolute atomic E-state index is 6.25. The number of nitrogens with zero attached hydrogens (tertiary/aromatic N) is 6. The van der Waals surface area contributed by atoms with Crippen LogP contribution >= 0.6 is 0 Å². The van der Waals surface area contributed by atoms with Crippen LogP contribution in [0.2, 0.25) is 0 Å². The van der Waals surface area contributed by atoms with Crippen LogP contribution in [0.25, 0.3) is 0 Å². The van der Waals surface area contributed by atoms with Gasteiger partial charge in [-0.3, -0.25) is 0 Å². The molecule has 0 aliphatic carbocycles. The van der Waals surface area contributed by atoms with Gasteiger partial charge in [-0.2, -0.15) is 0 Å². The molecular weight excluding hydrogens is 423 g/mol. The monoisotopic (exact) mass is 423 g/mol. The summed E-state index contributed by atoms with van der Waals surface area (Å²) < 4.78 is 0. The zero-order valence-electron chi connectivity index (χ0n) is 8.41. The zero-order chi connectivity index (χ0) is 12.0. The van der Waals surface area contributed by atoms with Gasteiger partial charge in [0.15, 0.2) is 0 Å². The Bertz CT molecular complexity index is 108. The van der Waals surface area contributed by atoms with Crippen LogP contribution < -0.4 is 0 Å². The summed E-state index contributed by atoms with van der Waals surface area (Å²) in [5.41, 5.74) is 0. The van der Waals surface area contributed by atoms with Crippen molar-refractivity contribution in [2.45, 2.75) is 0 Å².